The second kappa shape index (κ2) is 6.08. The van der Waals surface area contributed by atoms with E-state index in [4.69, 9.17) is 0 Å². The van der Waals surface area contributed by atoms with E-state index in [0.29, 0.717) is 6.20 Å². The van der Waals surface area contributed by atoms with Gasteiger partial charge in [-0.2, -0.15) is 13.2 Å². The van der Waals surface area contributed by atoms with E-state index in [1.54, 1.807) is 0 Å². The molecule has 0 aliphatic heterocycles. The predicted octanol–water partition coefficient (Wildman–Crippen LogP) is 3.94. The van der Waals surface area contributed by atoms with Gasteiger partial charge in [-0.25, -0.2) is 9.78 Å². The third-order valence-corrected chi connectivity index (χ3v) is 2.57. The molecule has 11 heteroatoms. The smallest absolute Gasteiger partial charge is 0.462 e. The number of esters is 1. The van der Waals surface area contributed by atoms with Gasteiger partial charge in [-0.3, -0.25) is 0 Å². The first-order chi connectivity index (χ1) is 9.47. The van der Waals surface area contributed by atoms with Crippen molar-refractivity contribution in [3.8, 4) is 5.88 Å². The van der Waals surface area contributed by atoms with Crippen molar-refractivity contribution < 1.29 is 40.6 Å². The average Bonchev–Trinajstić information content (AvgIpc) is 2.27. The number of carbonyl (C=O) groups is 1. The topological polar surface area (TPSA) is 48.4 Å². The molecule has 1 aromatic heterocycles. The highest BCUT2D eigenvalue weighted by Crippen LogP contribution is 2.41. The van der Waals surface area contributed by atoms with Crippen molar-refractivity contribution in [1.82, 2.24) is 4.98 Å². The molecule has 1 aromatic rings. The summed E-state index contributed by atoms with van der Waals surface area (Å²) in [7, 11) is 0. The molecule has 0 aliphatic rings. The van der Waals surface area contributed by atoms with Gasteiger partial charge in [-0.1, -0.05) is 0 Å². The minimum absolute atomic E-state index is 0.339. The highest BCUT2D eigenvalue weighted by atomic mass is 79.9. The summed E-state index contributed by atoms with van der Waals surface area (Å²) in [5.74, 6) is -3.16. The normalized spacial score (nSPS) is 12.2. The fraction of sp³-hybridized carbons (Fsp3) is 0.400. The number of pyridine rings is 1. The molecule has 0 radical (unpaired) electrons. The Hall–Kier alpha value is -1.52. The van der Waals surface area contributed by atoms with Gasteiger partial charge in [-0.05, 0) is 22.9 Å². The van der Waals surface area contributed by atoms with E-state index in [2.05, 4.69) is 30.4 Å². The third kappa shape index (κ3) is 4.48. The summed E-state index contributed by atoms with van der Waals surface area (Å²) in [6.07, 6.45) is -9.98. The zero-order chi connectivity index (χ0) is 16.4. The van der Waals surface area contributed by atoms with Gasteiger partial charge in [0.2, 0.25) is 5.88 Å². The number of hydrogen-bond acceptors (Lipinski definition) is 4. The molecule has 0 atom stereocenters. The molecule has 0 fully saturated rings. The van der Waals surface area contributed by atoms with Crippen LogP contribution in [0.4, 0.5) is 26.3 Å². The maximum absolute atomic E-state index is 12.9. The Morgan fingerprint density at radius 1 is 1.29 bits per heavy atom. The number of halogens is 7. The molecule has 0 saturated heterocycles. The van der Waals surface area contributed by atoms with Crippen LogP contribution >= 0.6 is 15.9 Å². The molecule has 4 nitrogen and oxygen atoms in total. The van der Waals surface area contributed by atoms with Crippen molar-refractivity contribution >= 4 is 21.9 Å². The van der Waals surface area contributed by atoms with Crippen molar-refractivity contribution in [2.24, 2.45) is 0 Å². The molecule has 0 saturated carbocycles. The van der Waals surface area contributed by atoms with Crippen LogP contribution in [0.5, 0.6) is 5.88 Å². The van der Waals surface area contributed by atoms with Crippen molar-refractivity contribution in [2.75, 3.05) is 6.61 Å². The molecule has 0 bridgehead atoms. The van der Waals surface area contributed by atoms with E-state index in [1.165, 1.54) is 6.92 Å². The predicted molar refractivity (Wildman–Crippen MR) is 59.6 cm³/mol. The molecule has 1 rings (SSSR count). The SMILES string of the molecule is CCOC(=O)c1c(OC(F)(F)F)ncc(Br)c1C(F)(F)F. The first kappa shape index (κ1) is 17.5. The molecule has 0 aliphatic carbocycles. The zero-order valence-corrected chi connectivity index (χ0v) is 11.7. The second-order valence-electron chi connectivity index (χ2n) is 3.43. The van der Waals surface area contributed by atoms with E-state index >= 15 is 0 Å². The number of aromatic nitrogens is 1. The lowest BCUT2D eigenvalue weighted by atomic mass is 10.1. The molecule has 0 spiro atoms. The highest BCUT2D eigenvalue weighted by Gasteiger charge is 2.43. The van der Waals surface area contributed by atoms with Crippen molar-refractivity contribution in [3.63, 3.8) is 0 Å². The van der Waals surface area contributed by atoms with Gasteiger partial charge in [-0.15, -0.1) is 13.2 Å². The lowest BCUT2D eigenvalue weighted by Gasteiger charge is -2.17. The second-order valence-corrected chi connectivity index (χ2v) is 4.28. The van der Waals surface area contributed by atoms with Crippen LogP contribution in [0, 0.1) is 0 Å². The van der Waals surface area contributed by atoms with E-state index < -0.39 is 40.0 Å². The minimum atomic E-state index is -5.31. The van der Waals surface area contributed by atoms with Gasteiger partial charge in [0.1, 0.15) is 5.56 Å². The van der Waals surface area contributed by atoms with Crippen LogP contribution in [0.3, 0.4) is 0 Å². The Kier molecular flexibility index (Phi) is 5.07. The fourth-order valence-electron chi connectivity index (χ4n) is 1.33. The largest absolute Gasteiger partial charge is 0.574 e. The van der Waals surface area contributed by atoms with E-state index in [1.807, 2.05) is 0 Å². The van der Waals surface area contributed by atoms with Crippen LogP contribution in [0.25, 0.3) is 0 Å². The molecule has 0 amide bonds. The van der Waals surface area contributed by atoms with Crippen LogP contribution < -0.4 is 4.74 Å². The van der Waals surface area contributed by atoms with Gasteiger partial charge in [0, 0.05) is 10.7 Å². The summed E-state index contributed by atoms with van der Waals surface area (Å²) in [5.41, 5.74) is -3.11. The molecule has 0 unspecified atom stereocenters. The minimum Gasteiger partial charge on any atom is -0.462 e. The third-order valence-electron chi connectivity index (χ3n) is 1.97. The summed E-state index contributed by atoms with van der Waals surface area (Å²) in [6, 6.07) is 0. The Morgan fingerprint density at radius 2 is 1.86 bits per heavy atom. The Morgan fingerprint density at radius 3 is 2.29 bits per heavy atom. The molecule has 118 valence electrons. The number of alkyl halides is 6. The van der Waals surface area contributed by atoms with Crippen LogP contribution in [-0.2, 0) is 10.9 Å². The van der Waals surface area contributed by atoms with Gasteiger partial charge in [0.25, 0.3) is 0 Å². The van der Waals surface area contributed by atoms with Gasteiger partial charge >= 0.3 is 18.5 Å². The summed E-state index contributed by atoms with van der Waals surface area (Å²) >= 11 is 2.49. The van der Waals surface area contributed by atoms with Crippen LogP contribution in [-0.4, -0.2) is 23.9 Å². The number of carbonyl (C=O) groups excluding carboxylic acids is 1. The number of nitrogens with zero attached hydrogens (tertiary/aromatic N) is 1. The van der Waals surface area contributed by atoms with Gasteiger partial charge < -0.3 is 9.47 Å². The zero-order valence-electron chi connectivity index (χ0n) is 10.1. The summed E-state index contributed by atoms with van der Waals surface area (Å²) in [4.78, 5) is 14.6. The number of ether oxygens (including phenoxy) is 2. The molecule has 0 N–H and O–H groups in total. The highest BCUT2D eigenvalue weighted by molar-refractivity contribution is 9.10. The van der Waals surface area contributed by atoms with Gasteiger partial charge in [0.05, 0.1) is 12.2 Å². The molecule has 21 heavy (non-hydrogen) atoms. The van der Waals surface area contributed by atoms with Crippen LogP contribution in [0.15, 0.2) is 10.7 Å². The first-order valence-corrected chi connectivity index (χ1v) is 5.95. The van der Waals surface area contributed by atoms with Crippen LogP contribution in [0.2, 0.25) is 0 Å². The summed E-state index contributed by atoms with van der Waals surface area (Å²) in [5, 5.41) is 0. The maximum Gasteiger partial charge on any atom is 0.574 e. The molecular weight excluding hydrogens is 376 g/mol. The fourth-order valence-corrected chi connectivity index (χ4v) is 1.85. The summed E-state index contributed by atoms with van der Waals surface area (Å²) in [6.45, 7) is 0.939. The van der Waals surface area contributed by atoms with Gasteiger partial charge in [0.15, 0.2) is 0 Å². The van der Waals surface area contributed by atoms with E-state index in [0.717, 1.165) is 0 Å². The number of rotatable bonds is 3. The maximum atomic E-state index is 12.9. The first-order valence-electron chi connectivity index (χ1n) is 5.16. The lowest BCUT2D eigenvalue weighted by Crippen LogP contribution is -2.23. The van der Waals surface area contributed by atoms with E-state index in [9.17, 15) is 31.1 Å². The Labute approximate surface area is 122 Å². The van der Waals surface area contributed by atoms with Crippen molar-refractivity contribution in [2.45, 2.75) is 19.5 Å². The Balaban J connectivity index is 3.55. The lowest BCUT2D eigenvalue weighted by molar-refractivity contribution is -0.276. The van der Waals surface area contributed by atoms with E-state index in [-0.39, 0.29) is 6.61 Å². The average molecular weight is 382 g/mol. The monoisotopic (exact) mass is 381 g/mol. The quantitative estimate of drug-likeness (QED) is 0.587. The number of hydrogen-bond donors (Lipinski definition) is 0. The van der Waals surface area contributed by atoms with Crippen molar-refractivity contribution in [3.05, 3.63) is 21.8 Å². The Bertz CT molecular complexity index is 543. The standard InChI is InChI=1S/C10H6BrF6NO3/c1-2-20-8(19)5-6(9(12,13)14)4(11)3-18-7(5)21-10(15,16)17/h3H,2H2,1H3. The molecule has 0 aromatic carbocycles. The molecule has 1 heterocycles. The summed E-state index contributed by atoms with van der Waals surface area (Å²) < 4.78 is 82.3. The molecular formula is C10H6BrF6NO3. The van der Waals surface area contributed by atoms with Crippen LogP contribution in [0.1, 0.15) is 22.8 Å². The van der Waals surface area contributed by atoms with Crippen molar-refractivity contribution in [1.29, 1.82) is 0 Å².